The molecule has 0 bridgehead atoms. The summed E-state index contributed by atoms with van der Waals surface area (Å²) in [5.41, 5.74) is 5.80. The van der Waals surface area contributed by atoms with E-state index >= 15 is 0 Å². The fourth-order valence-corrected chi connectivity index (χ4v) is 2.65. The number of nitrogens with one attached hydrogen (secondary N) is 1. The van der Waals surface area contributed by atoms with E-state index in [4.69, 9.17) is 12.2 Å². The van der Waals surface area contributed by atoms with Gasteiger partial charge in [-0.3, -0.25) is 4.57 Å². The smallest absolute Gasteiger partial charge is 0.182 e. The van der Waals surface area contributed by atoms with Gasteiger partial charge in [-0.05, 0) is 61.5 Å². The molecule has 3 nitrogen and oxygen atoms in total. The Kier molecular flexibility index (Phi) is 2.92. The van der Waals surface area contributed by atoms with Crippen LogP contribution in [0.1, 0.15) is 16.7 Å². The second-order valence-corrected chi connectivity index (χ2v) is 5.23. The van der Waals surface area contributed by atoms with E-state index in [0.29, 0.717) is 10.3 Å². The lowest BCUT2D eigenvalue weighted by Crippen LogP contribution is -1.95. The molecule has 0 saturated carbocycles. The highest BCUT2D eigenvalue weighted by atomic mass is 32.1. The Hall–Kier alpha value is -2.38. The molecule has 0 amide bonds. The second kappa shape index (κ2) is 4.62. The SMILES string of the molecule is Cc1ccc(-n2c(=S)[nH]c3c(C#N)cccc32)cc1C. The molecule has 4 heteroatoms. The largest absolute Gasteiger partial charge is 0.329 e. The third-order valence-electron chi connectivity index (χ3n) is 3.59. The van der Waals surface area contributed by atoms with Gasteiger partial charge in [0.25, 0.3) is 0 Å². The maximum absolute atomic E-state index is 9.17. The van der Waals surface area contributed by atoms with Crippen molar-refractivity contribution in [3.63, 3.8) is 0 Å². The summed E-state index contributed by atoms with van der Waals surface area (Å²) < 4.78 is 2.57. The molecule has 0 aliphatic carbocycles. The van der Waals surface area contributed by atoms with Gasteiger partial charge in [-0.15, -0.1) is 0 Å². The molecule has 3 aromatic rings. The first-order valence-corrected chi connectivity index (χ1v) is 6.74. The maximum Gasteiger partial charge on any atom is 0.182 e. The zero-order valence-electron chi connectivity index (χ0n) is 11.3. The number of hydrogen-bond donors (Lipinski definition) is 1. The van der Waals surface area contributed by atoms with Gasteiger partial charge in [-0.1, -0.05) is 12.1 Å². The predicted molar refractivity (Wildman–Crippen MR) is 82.6 cm³/mol. The molecule has 0 unspecified atom stereocenters. The van der Waals surface area contributed by atoms with Crippen molar-refractivity contribution in [2.75, 3.05) is 0 Å². The van der Waals surface area contributed by atoms with Crippen molar-refractivity contribution in [2.24, 2.45) is 0 Å². The molecule has 1 aromatic heterocycles. The lowest BCUT2D eigenvalue weighted by atomic mass is 10.1. The number of nitrogens with zero attached hydrogens (tertiary/aromatic N) is 2. The number of rotatable bonds is 1. The summed E-state index contributed by atoms with van der Waals surface area (Å²) in [4.78, 5) is 3.13. The summed E-state index contributed by atoms with van der Waals surface area (Å²) in [5, 5.41) is 9.17. The van der Waals surface area contributed by atoms with E-state index in [0.717, 1.165) is 16.7 Å². The average molecular weight is 279 g/mol. The molecule has 2 aromatic carbocycles. The van der Waals surface area contributed by atoms with Crippen molar-refractivity contribution >= 4 is 23.3 Å². The van der Waals surface area contributed by atoms with Gasteiger partial charge in [0.15, 0.2) is 4.77 Å². The molecule has 20 heavy (non-hydrogen) atoms. The molecule has 0 fully saturated rings. The van der Waals surface area contributed by atoms with E-state index in [1.54, 1.807) is 6.07 Å². The van der Waals surface area contributed by atoms with Gasteiger partial charge in [0.2, 0.25) is 0 Å². The second-order valence-electron chi connectivity index (χ2n) is 4.85. The minimum Gasteiger partial charge on any atom is -0.329 e. The van der Waals surface area contributed by atoms with Gasteiger partial charge in [0.1, 0.15) is 6.07 Å². The number of para-hydroxylation sites is 1. The Bertz CT molecular complexity index is 910. The number of aromatic amines is 1. The predicted octanol–water partition coefficient (Wildman–Crippen LogP) is 4.18. The normalized spacial score (nSPS) is 10.7. The van der Waals surface area contributed by atoms with Crippen LogP contribution in [-0.4, -0.2) is 9.55 Å². The summed E-state index contributed by atoms with van der Waals surface area (Å²) in [6.07, 6.45) is 0. The molecule has 0 radical (unpaired) electrons. The first kappa shape index (κ1) is 12.6. The minimum atomic E-state index is 0.603. The van der Waals surface area contributed by atoms with Crippen LogP contribution in [0.4, 0.5) is 0 Å². The fourth-order valence-electron chi connectivity index (χ4n) is 2.34. The van der Waals surface area contributed by atoms with Crippen molar-refractivity contribution < 1.29 is 0 Å². The van der Waals surface area contributed by atoms with E-state index in [-0.39, 0.29) is 0 Å². The lowest BCUT2D eigenvalue weighted by molar-refractivity contribution is 1.06. The van der Waals surface area contributed by atoms with Crippen LogP contribution in [0.5, 0.6) is 0 Å². The van der Waals surface area contributed by atoms with E-state index < -0.39 is 0 Å². The van der Waals surface area contributed by atoms with Crippen LogP contribution in [0.2, 0.25) is 0 Å². The summed E-state index contributed by atoms with van der Waals surface area (Å²) in [6.45, 7) is 4.17. The van der Waals surface area contributed by atoms with Crippen LogP contribution >= 0.6 is 12.2 Å². The zero-order chi connectivity index (χ0) is 14.3. The van der Waals surface area contributed by atoms with Crippen LogP contribution in [0.3, 0.4) is 0 Å². The van der Waals surface area contributed by atoms with E-state index in [9.17, 15) is 5.26 Å². The van der Waals surface area contributed by atoms with Gasteiger partial charge in [0.05, 0.1) is 16.6 Å². The van der Waals surface area contributed by atoms with Crippen LogP contribution in [0.15, 0.2) is 36.4 Å². The number of hydrogen-bond acceptors (Lipinski definition) is 2. The van der Waals surface area contributed by atoms with E-state index in [2.05, 4.69) is 37.0 Å². The Morgan fingerprint density at radius 3 is 2.65 bits per heavy atom. The fraction of sp³-hybridized carbons (Fsp3) is 0.125. The topological polar surface area (TPSA) is 44.5 Å². The molecule has 1 N–H and O–H groups in total. The van der Waals surface area contributed by atoms with Crippen molar-refractivity contribution in [3.8, 4) is 11.8 Å². The molecule has 1 heterocycles. The van der Waals surface area contributed by atoms with Crippen LogP contribution in [0, 0.1) is 29.9 Å². The monoisotopic (exact) mass is 279 g/mol. The summed E-state index contributed by atoms with van der Waals surface area (Å²) in [6, 6.07) is 14.1. The van der Waals surface area contributed by atoms with Crippen molar-refractivity contribution in [1.82, 2.24) is 9.55 Å². The van der Waals surface area contributed by atoms with Crippen LogP contribution in [0.25, 0.3) is 16.7 Å². The molecular weight excluding hydrogens is 266 g/mol. The van der Waals surface area contributed by atoms with Crippen molar-refractivity contribution in [2.45, 2.75) is 13.8 Å². The van der Waals surface area contributed by atoms with Gasteiger partial charge in [-0.2, -0.15) is 5.26 Å². The van der Waals surface area contributed by atoms with Gasteiger partial charge < -0.3 is 4.98 Å². The van der Waals surface area contributed by atoms with E-state index in [1.165, 1.54) is 11.1 Å². The summed E-state index contributed by atoms with van der Waals surface area (Å²) in [7, 11) is 0. The van der Waals surface area contributed by atoms with Gasteiger partial charge in [-0.25, -0.2) is 0 Å². The van der Waals surface area contributed by atoms with E-state index in [1.807, 2.05) is 22.8 Å². The molecule has 98 valence electrons. The van der Waals surface area contributed by atoms with Crippen molar-refractivity contribution in [3.05, 3.63) is 57.9 Å². The number of aromatic nitrogens is 2. The standard InChI is InChI=1S/C16H13N3S/c1-10-6-7-13(8-11(10)2)19-14-5-3-4-12(9-17)15(14)18-16(19)20/h3-8H,1-2H3,(H,18,20). The quantitative estimate of drug-likeness (QED) is 0.679. The van der Waals surface area contributed by atoms with Crippen molar-refractivity contribution in [1.29, 1.82) is 5.26 Å². The molecule has 0 saturated heterocycles. The maximum atomic E-state index is 9.17. The Balaban J connectivity index is 2.37. The molecule has 3 rings (SSSR count). The summed E-state index contributed by atoms with van der Waals surface area (Å²) in [5.74, 6) is 0. The number of nitriles is 1. The Morgan fingerprint density at radius 2 is 1.95 bits per heavy atom. The van der Waals surface area contributed by atoms with Crippen LogP contribution in [-0.2, 0) is 0 Å². The molecule has 0 aliphatic heterocycles. The molecule has 0 aliphatic rings. The molecule has 0 atom stereocenters. The number of imidazole rings is 1. The Morgan fingerprint density at radius 1 is 1.15 bits per heavy atom. The molecule has 0 spiro atoms. The first-order valence-electron chi connectivity index (χ1n) is 6.33. The zero-order valence-corrected chi connectivity index (χ0v) is 12.1. The average Bonchev–Trinajstić information content (AvgIpc) is 2.78. The highest BCUT2D eigenvalue weighted by Gasteiger charge is 2.10. The number of fused-ring (bicyclic) bond motifs is 1. The Labute approximate surface area is 122 Å². The first-order chi connectivity index (χ1) is 9.61. The highest BCUT2D eigenvalue weighted by molar-refractivity contribution is 7.71. The van der Waals surface area contributed by atoms with Gasteiger partial charge >= 0.3 is 0 Å². The minimum absolute atomic E-state index is 0.603. The highest BCUT2D eigenvalue weighted by Crippen LogP contribution is 2.23. The van der Waals surface area contributed by atoms with Gasteiger partial charge in [0, 0.05) is 5.69 Å². The van der Waals surface area contributed by atoms with Crippen LogP contribution < -0.4 is 0 Å². The number of benzene rings is 2. The number of aryl methyl sites for hydroxylation is 2. The summed E-state index contributed by atoms with van der Waals surface area (Å²) >= 11 is 5.42. The lowest BCUT2D eigenvalue weighted by Gasteiger charge is -2.07. The molecular formula is C16H13N3S. The third-order valence-corrected chi connectivity index (χ3v) is 3.87. The number of H-pyrrole nitrogens is 1. The third kappa shape index (κ3) is 1.84.